The van der Waals surface area contributed by atoms with Gasteiger partial charge >= 0.3 is 6.09 Å². The van der Waals surface area contributed by atoms with Crippen molar-refractivity contribution in [3.8, 4) is 0 Å². The summed E-state index contributed by atoms with van der Waals surface area (Å²) < 4.78 is 5.34. The minimum Gasteiger partial charge on any atom is -0.449 e. The molecule has 2 N–H and O–H groups in total. The molecule has 0 unspecified atom stereocenters. The lowest BCUT2D eigenvalue weighted by Crippen LogP contribution is -2.33. The van der Waals surface area contributed by atoms with Gasteiger partial charge in [0.25, 0.3) is 0 Å². The molecule has 1 fully saturated rings. The van der Waals surface area contributed by atoms with Crippen LogP contribution < -0.4 is 5.32 Å². The Morgan fingerprint density at radius 1 is 0.767 bits per heavy atom. The van der Waals surface area contributed by atoms with Gasteiger partial charge in [-0.15, -0.1) is 0 Å². The summed E-state index contributed by atoms with van der Waals surface area (Å²) in [6.45, 7) is 3.46. The van der Waals surface area contributed by atoms with E-state index in [1.165, 1.54) is 96.3 Å². The number of nitrogens with one attached hydrogen (secondary N) is 1. The highest BCUT2D eigenvalue weighted by atomic mass is 16.5. The molecule has 0 aromatic heterocycles. The zero-order valence-electron chi connectivity index (χ0n) is 20.0. The summed E-state index contributed by atoms with van der Waals surface area (Å²) in [5.74, 6) is 0. The largest absolute Gasteiger partial charge is 0.449 e. The van der Waals surface area contributed by atoms with E-state index in [1.807, 2.05) is 0 Å². The van der Waals surface area contributed by atoms with E-state index in [-0.39, 0.29) is 18.1 Å². The van der Waals surface area contributed by atoms with Crippen LogP contribution in [-0.2, 0) is 4.74 Å². The average Bonchev–Trinajstić information content (AvgIpc) is 3.24. The van der Waals surface area contributed by atoms with E-state index in [9.17, 15) is 9.90 Å². The van der Waals surface area contributed by atoms with Gasteiger partial charge in [-0.25, -0.2) is 4.79 Å². The van der Waals surface area contributed by atoms with Gasteiger partial charge in [0.05, 0.1) is 6.61 Å². The van der Waals surface area contributed by atoms with Crippen LogP contribution in [0.3, 0.4) is 0 Å². The molecule has 1 rings (SSSR count). The number of ether oxygens (including phenoxy) is 1. The molecule has 0 radical (unpaired) electrons. The SMILES string of the molecule is CCCCCCCCCCCCCCCCCCNC(=O)OCC1(CO)CCCC1. The topological polar surface area (TPSA) is 58.6 Å². The van der Waals surface area contributed by atoms with Gasteiger partial charge in [-0.3, -0.25) is 0 Å². The molecule has 1 amide bonds. The first-order valence-corrected chi connectivity index (χ1v) is 13.2. The van der Waals surface area contributed by atoms with Crippen molar-refractivity contribution >= 4 is 6.09 Å². The van der Waals surface area contributed by atoms with Crippen molar-refractivity contribution in [1.29, 1.82) is 0 Å². The Bertz CT molecular complexity index is 394. The Labute approximate surface area is 186 Å². The van der Waals surface area contributed by atoms with Crippen LogP contribution in [0, 0.1) is 5.41 Å². The number of carbonyl (C=O) groups excluding carboxylic acids is 1. The van der Waals surface area contributed by atoms with Gasteiger partial charge < -0.3 is 15.2 Å². The van der Waals surface area contributed by atoms with E-state index in [4.69, 9.17) is 4.74 Å². The fourth-order valence-corrected chi connectivity index (χ4v) is 4.61. The fourth-order valence-electron chi connectivity index (χ4n) is 4.61. The van der Waals surface area contributed by atoms with E-state index < -0.39 is 0 Å². The van der Waals surface area contributed by atoms with Crippen LogP contribution in [0.5, 0.6) is 0 Å². The zero-order chi connectivity index (χ0) is 21.8. The smallest absolute Gasteiger partial charge is 0.407 e. The summed E-state index contributed by atoms with van der Waals surface area (Å²) in [6.07, 6.45) is 25.6. The van der Waals surface area contributed by atoms with Crippen molar-refractivity contribution in [3.05, 3.63) is 0 Å². The Balaban J connectivity index is 1.76. The molecule has 0 spiro atoms. The number of hydrogen-bond acceptors (Lipinski definition) is 3. The Hall–Kier alpha value is -0.770. The van der Waals surface area contributed by atoms with Crippen LogP contribution in [0.2, 0.25) is 0 Å². The minimum absolute atomic E-state index is 0.124. The molecule has 0 aromatic carbocycles. The second kappa shape index (κ2) is 19.0. The van der Waals surface area contributed by atoms with E-state index in [1.54, 1.807) is 0 Å². The first kappa shape index (κ1) is 27.3. The molecular weight excluding hydrogens is 374 g/mol. The van der Waals surface area contributed by atoms with Gasteiger partial charge in [0.1, 0.15) is 6.61 Å². The summed E-state index contributed by atoms with van der Waals surface area (Å²) in [4.78, 5) is 11.8. The molecule has 1 aliphatic carbocycles. The lowest BCUT2D eigenvalue weighted by molar-refractivity contribution is 0.0420. The molecule has 0 saturated heterocycles. The Kier molecular flexibility index (Phi) is 17.2. The summed E-state index contributed by atoms with van der Waals surface area (Å²) in [5, 5.41) is 12.4. The molecule has 178 valence electrons. The van der Waals surface area contributed by atoms with E-state index in [0.717, 1.165) is 32.1 Å². The van der Waals surface area contributed by atoms with Gasteiger partial charge in [0, 0.05) is 12.0 Å². The third-order valence-electron chi connectivity index (χ3n) is 6.81. The van der Waals surface area contributed by atoms with E-state index in [2.05, 4.69) is 12.2 Å². The van der Waals surface area contributed by atoms with Crippen LogP contribution in [-0.4, -0.2) is 31.0 Å². The second-order valence-electron chi connectivity index (χ2n) is 9.67. The summed E-state index contributed by atoms with van der Waals surface area (Å²) >= 11 is 0. The standard InChI is InChI=1S/C26H51NO3/c1-2-3-4-5-6-7-8-9-10-11-12-13-14-15-16-19-22-27-25(29)30-24-26(23-28)20-17-18-21-26/h28H,2-24H2,1H3,(H,27,29). The van der Waals surface area contributed by atoms with E-state index in [0.29, 0.717) is 13.2 Å². The lowest BCUT2D eigenvalue weighted by Gasteiger charge is -2.25. The zero-order valence-corrected chi connectivity index (χ0v) is 20.0. The van der Waals surface area contributed by atoms with Crippen LogP contribution in [0.1, 0.15) is 135 Å². The van der Waals surface area contributed by atoms with Gasteiger partial charge in [-0.05, 0) is 19.3 Å². The maximum atomic E-state index is 11.8. The third-order valence-corrected chi connectivity index (χ3v) is 6.81. The van der Waals surface area contributed by atoms with Crippen LogP contribution in [0.4, 0.5) is 4.79 Å². The highest BCUT2D eigenvalue weighted by Gasteiger charge is 2.34. The maximum Gasteiger partial charge on any atom is 0.407 e. The molecule has 0 aromatic rings. The highest BCUT2D eigenvalue weighted by Crippen LogP contribution is 2.37. The third kappa shape index (κ3) is 14.3. The number of aliphatic hydroxyl groups excluding tert-OH is 1. The fraction of sp³-hybridized carbons (Fsp3) is 0.962. The van der Waals surface area contributed by atoms with E-state index >= 15 is 0 Å². The Morgan fingerprint density at radius 2 is 1.20 bits per heavy atom. The highest BCUT2D eigenvalue weighted by molar-refractivity contribution is 5.67. The number of aliphatic hydroxyl groups is 1. The van der Waals surface area contributed by atoms with Crippen LogP contribution in [0.15, 0.2) is 0 Å². The summed E-state index contributed by atoms with van der Waals surface area (Å²) in [6, 6.07) is 0. The number of alkyl carbamates (subject to hydrolysis) is 1. The maximum absolute atomic E-state index is 11.8. The van der Waals surface area contributed by atoms with Crippen molar-refractivity contribution in [2.75, 3.05) is 19.8 Å². The molecular formula is C26H51NO3. The lowest BCUT2D eigenvalue weighted by atomic mass is 9.88. The quantitative estimate of drug-likeness (QED) is 0.198. The molecule has 0 atom stereocenters. The first-order chi connectivity index (χ1) is 14.7. The monoisotopic (exact) mass is 425 g/mol. The van der Waals surface area contributed by atoms with Crippen molar-refractivity contribution in [2.24, 2.45) is 5.41 Å². The molecule has 0 heterocycles. The summed E-state index contributed by atoms with van der Waals surface area (Å²) in [7, 11) is 0. The number of amides is 1. The molecule has 30 heavy (non-hydrogen) atoms. The van der Waals surface area contributed by atoms with Crippen molar-refractivity contribution < 1.29 is 14.6 Å². The van der Waals surface area contributed by atoms with Gasteiger partial charge in [0.15, 0.2) is 0 Å². The van der Waals surface area contributed by atoms with Crippen LogP contribution in [0.25, 0.3) is 0 Å². The van der Waals surface area contributed by atoms with Crippen molar-refractivity contribution in [1.82, 2.24) is 5.32 Å². The van der Waals surface area contributed by atoms with Crippen molar-refractivity contribution in [3.63, 3.8) is 0 Å². The predicted octanol–water partition coefficient (Wildman–Crippen LogP) is 7.53. The number of rotatable bonds is 20. The summed E-state index contributed by atoms with van der Waals surface area (Å²) in [5.41, 5.74) is -0.175. The molecule has 0 aliphatic heterocycles. The first-order valence-electron chi connectivity index (χ1n) is 13.2. The molecule has 4 heteroatoms. The average molecular weight is 426 g/mol. The second-order valence-corrected chi connectivity index (χ2v) is 9.67. The number of carbonyl (C=O) groups is 1. The van der Waals surface area contributed by atoms with Gasteiger partial charge in [0.2, 0.25) is 0 Å². The Morgan fingerprint density at radius 3 is 1.63 bits per heavy atom. The number of hydrogen-bond donors (Lipinski definition) is 2. The molecule has 1 aliphatic rings. The molecule has 4 nitrogen and oxygen atoms in total. The van der Waals surface area contributed by atoms with Crippen LogP contribution >= 0.6 is 0 Å². The number of unbranched alkanes of at least 4 members (excludes halogenated alkanes) is 15. The normalized spacial score (nSPS) is 15.4. The predicted molar refractivity (Wildman–Crippen MR) is 127 cm³/mol. The van der Waals surface area contributed by atoms with Crippen molar-refractivity contribution in [2.45, 2.75) is 135 Å². The minimum atomic E-state index is -0.323. The molecule has 1 saturated carbocycles. The van der Waals surface area contributed by atoms with Gasteiger partial charge in [-0.1, -0.05) is 116 Å². The van der Waals surface area contributed by atoms with Gasteiger partial charge in [-0.2, -0.15) is 0 Å². The molecule has 0 bridgehead atoms.